The predicted molar refractivity (Wildman–Crippen MR) is 124 cm³/mol. The molecule has 10 nitrogen and oxygen atoms in total. The van der Waals surface area contributed by atoms with Crippen LogP contribution in [-0.2, 0) is 42.2 Å². The molecule has 196 valence electrons. The van der Waals surface area contributed by atoms with Crippen LogP contribution in [0.15, 0.2) is 0 Å². The molecule has 0 amide bonds. The molecule has 0 rings (SSSR count). The Bertz CT molecular complexity index is 560. The van der Waals surface area contributed by atoms with Gasteiger partial charge in [-0.05, 0) is 40.0 Å². The van der Waals surface area contributed by atoms with E-state index in [9.17, 15) is 18.9 Å². The molecule has 0 aromatic heterocycles. The van der Waals surface area contributed by atoms with E-state index in [4.69, 9.17) is 23.6 Å². The number of hydrogen-bond donors (Lipinski definition) is 1. The summed E-state index contributed by atoms with van der Waals surface area (Å²) in [5.74, 6) is -1.75. The molecule has 0 bridgehead atoms. The van der Waals surface area contributed by atoms with Crippen molar-refractivity contribution in [1.29, 1.82) is 0 Å². The lowest BCUT2D eigenvalue weighted by Crippen LogP contribution is -2.26. The van der Waals surface area contributed by atoms with E-state index in [2.05, 4.69) is 4.74 Å². The van der Waals surface area contributed by atoms with Crippen molar-refractivity contribution in [2.24, 2.45) is 0 Å². The van der Waals surface area contributed by atoms with Gasteiger partial charge < -0.3 is 19.3 Å². The Morgan fingerprint density at radius 3 is 1.27 bits per heavy atom. The van der Waals surface area contributed by atoms with E-state index in [1.54, 1.807) is 0 Å². The van der Waals surface area contributed by atoms with E-state index < -0.39 is 43.8 Å². The number of unbranched alkanes of at least 4 members (excludes halogenated alkanes) is 3. The summed E-state index contributed by atoms with van der Waals surface area (Å²) < 4.78 is 37.1. The average Bonchev–Trinajstić information content (AvgIpc) is 2.73. The molecule has 0 aromatic carbocycles. The summed E-state index contributed by atoms with van der Waals surface area (Å²) in [5, 5.41) is 8.65. The highest BCUT2D eigenvalue weighted by Crippen LogP contribution is 2.46. The lowest BCUT2D eigenvalue weighted by Gasteiger charge is -2.21. The van der Waals surface area contributed by atoms with E-state index in [1.165, 1.54) is 27.4 Å². The van der Waals surface area contributed by atoms with Crippen LogP contribution in [0.2, 0.25) is 0 Å². The number of esters is 3. The molecule has 0 aromatic rings. The van der Waals surface area contributed by atoms with E-state index in [1.807, 2.05) is 20.8 Å². The molecule has 0 aliphatic heterocycles. The first-order chi connectivity index (χ1) is 15.4. The van der Waals surface area contributed by atoms with E-state index in [0.29, 0.717) is 6.61 Å². The van der Waals surface area contributed by atoms with Gasteiger partial charge in [0.05, 0.1) is 19.8 Å². The number of aliphatic hydroxyl groups excluding tert-OH is 1. The van der Waals surface area contributed by atoms with Gasteiger partial charge in [0.15, 0.2) is 12.2 Å². The zero-order chi connectivity index (χ0) is 25.9. The van der Waals surface area contributed by atoms with Crippen LogP contribution >= 0.6 is 7.60 Å². The van der Waals surface area contributed by atoms with Crippen molar-refractivity contribution in [3.8, 4) is 0 Å². The average molecular weight is 499 g/mol. The van der Waals surface area contributed by atoms with Gasteiger partial charge in [-0.2, -0.15) is 0 Å². The van der Waals surface area contributed by atoms with Crippen molar-refractivity contribution in [2.75, 3.05) is 26.5 Å². The molecule has 3 atom stereocenters. The predicted octanol–water partition coefficient (Wildman–Crippen LogP) is 4.02. The molecular weight excluding hydrogens is 455 g/mol. The summed E-state index contributed by atoms with van der Waals surface area (Å²) in [7, 11) is -3.59. The molecule has 0 fully saturated rings. The zero-order valence-corrected chi connectivity index (χ0v) is 22.1. The number of aliphatic hydroxyl groups is 1. The Hall–Kier alpha value is -1.48. The molecule has 11 heteroatoms. The molecule has 0 spiro atoms. The van der Waals surface area contributed by atoms with Crippen molar-refractivity contribution < 1.29 is 47.3 Å². The van der Waals surface area contributed by atoms with Gasteiger partial charge >= 0.3 is 25.5 Å². The summed E-state index contributed by atoms with van der Waals surface area (Å²) in [5.41, 5.74) is 0. The largest absolute Gasteiger partial charge is 0.464 e. The second-order valence-electron chi connectivity index (χ2n) is 7.51. The van der Waals surface area contributed by atoms with Crippen LogP contribution < -0.4 is 0 Å². The standard InChI is InChI=1S/C15H29O7P.C7H14O3/c1-6-8-10-19-14(16)12(3)21-23(5,18)22-13(4)15(17)20-11-9-7-2;1-3-4-5-10-7(9)6(2)8/h12-13H,6-11H2,1-5H3;6,8H,3-5H2,1-2H3. The van der Waals surface area contributed by atoms with Crippen molar-refractivity contribution in [3.63, 3.8) is 0 Å². The molecule has 0 heterocycles. The quantitative estimate of drug-likeness (QED) is 0.144. The maximum atomic E-state index is 12.2. The Morgan fingerprint density at radius 2 is 1.00 bits per heavy atom. The topological polar surface area (TPSA) is 135 Å². The van der Waals surface area contributed by atoms with Gasteiger partial charge in [-0.15, -0.1) is 0 Å². The van der Waals surface area contributed by atoms with Crippen LogP contribution in [0.5, 0.6) is 0 Å². The first-order valence-corrected chi connectivity index (χ1v) is 13.5. The fraction of sp³-hybridized carbons (Fsp3) is 0.864. The molecule has 0 saturated heterocycles. The molecule has 0 saturated carbocycles. The molecule has 0 radical (unpaired) electrons. The first-order valence-electron chi connectivity index (χ1n) is 11.5. The van der Waals surface area contributed by atoms with Gasteiger partial charge in [0.1, 0.15) is 6.10 Å². The van der Waals surface area contributed by atoms with E-state index >= 15 is 0 Å². The van der Waals surface area contributed by atoms with Crippen molar-refractivity contribution in [1.82, 2.24) is 0 Å². The summed E-state index contributed by atoms with van der Waals surface area (Å²) >= 11 is 0. The smallest absolute Gasteiger partial charge is 0.335 e. The van der Waals surface area contributed by atoms with E-state index in [-0.39, 0.29) is 13.2 Å². The van der Waals surface area contributed by atoms with Gasteiger partial charge in [-0.3, -0.25) is 13.6 Å². The Balaban J connectivity index is 0. The van der Waals surface area contributed by atoms with Crippen molar-refractivity contribution >= 4 is 25.5 Å². The second-order valence-corrected chi connectivity index (χ2v) is 9.47. The maximum absolute atomic E-state index is 12.2. The minimum absolute atomic E-state index is 0.290. The number of carbonyl (C=O) groups is 3. The Morgan fingerprint density at radius 1 is 0.697 bits per heavy atom. The third kappa shape index (κ3) is 19.7. The highest BCUT2D eigenvalue weighted by molar-refractivity contribution is 7.53. The van der Waals surface area contributed by atoms with Gasteiger partial charge in [-0.1, -0.05) is 40.0 Å². The van der Waals surface area contributed by atoms with Crippen LogP contribution in [0.1, 0.15) is 80.1 Å². The van der Waals surface area contributed by atoms with Gasteiger partial charge in [0, 0.05) is 6.66 Å². The minimum Gasteiger partial charge on any atom is -0.464 e. The maximum Gasteiger partial charge on any atom is 0.335 e. The molecule has 0 aliphatic rings. The van der Waals surface area contributed by atoms with Crippen molar-refractivity contribution in [2.45, 2.75) is 98.4 Å². The van der Waals surface area contributed by atoms with Gasteiger partial charge in [0.25, 0.3) is 0 Å². The number of carbonyl (C=O) groups excluding carboxylic acids is 3. The Labute approximate surface area is 198 Å². The minimum atomic E-state index is -3.59. The highest BCUT2D eigenvalue weighted by Gasteiger charge is 2.30. The second kappa shape index (κ2) is 19.9. The molecule has 3 unspecified atom stereocenters. The van der Waals surface area contributed by atoms with Gasteiger partial charge in [0.2, 0.25) is 0 Å². The highest BCUT2D eigenvalue weighted by atomic mass is 31.2. The number of ether oxygens (including phenoxy) is 3. The number of hydrogen-bond acceptors (Lipinski definition) is 10. The van der Waals surface area contributed by atoms with Crippen molar-refractivity contribution in [3.05, 3.63) is 0 Å². The zero-order valence-electron chi connectivity index (χ0n) is 21.2. The van der Waals surface area contributed by atoms with Crippen LogP contribution in [-0.4, -0.2) is 67.8 Å². The SMILES string of the molecule is CCCCOC(=O)C(C)O.CCCCOC(=O)C(C)OP(C)(=O)OC(C)C(=O)OCCCC. The number of rotatable bonds is 16. The molecule has 1 N–H and O–H groups in total. The lowest BCUT2D eigenvalue weighted by atomic mass is 10.3. The summed E-state index contributed by atoms with van der Waals surface area (Å²) in [6.45, 7) is 12.4. The first kappa shape index (κ1) is 33.7. The monoisotopic (exact) mass is 498 g/mol. The third-order valence-corrected chi connectivity index (χ3v) is 5.33. The summed E-state index contributed by atoms with van der Waals surface area (Å²) in [4.78, 5) is 33.9. The van der Waals surface area contributed by atoms with Crippen LogP contribution in [0, 0.1) is 0 Å². The van der Waals surface area contributed by atoms with Gasteiger partial charge in [-0.25, -0.2) is 14.4 Å². The fourth-order valence-corrected chi connectivity index (χ4v) is 3.36. The summed E-state index contributed by atoms with van der Waals surface area (Å²) in [6.07, 6.45) is 2.09. The third-order valence-electron chi connectivity index (χ3n) is 3.93. The molecule has 33 heavy (non-hydrogen) atoms. The fourth-order valence-electron chi connectivity index (χ4n) is 1.99. The van der Waals surface area contributed by atoms with Crippen LogP contribution in [0.4, 0.5) is 0 Å². The lowest BCUT2D eigenvalue weighted by molar-refractivity contribution is -0.154. The molecule has 0 aliphatic carbocycles. The van der Waals surface area contributed by atoms with Crippen LogP contribution in [0.25, 0.3) is 0 Å². The summed E-state index contributed by atoms with van der Waals surface area (Å²) in [6, 6.07) is 0. The van der Waals surface area contributed by atoms with E-state index in [0.717, 1.165) is 38.5 Å². The van der Waals surface area contributed by atoms with Crippen LogP contribution in [0.3, 0.4) is 0 Å². The molecular formula is C22H43O10P. The normalized spacial score (nSPS) is 15.2. The Kier molecular flexibility index (Phi) is 20.4.